The van der Waals surface area contributed by atoms with E-state index in [-0.39, 0.29) is 23.2 Å². The van der Waals surface area contributed by atoms with Crippen LogP contribution in [0.15, 0.2) is 0 Å². The smallest absolute Gasteiger partial charge is 0.352 e. The first-order valence-electron chi connectivity index (χ1n) is 6.24. The zero-order valence-corrected chi connectivity index (χ0v) is 12.1. The van der Waals surface area contributed by atoms with Gasteiger partial charge in [0, 0.05) is 6.54 Å². The van der Waals surface area contributed by atoms with Gasteiger partial charge in [-0.05, 0) is 27.2 Å². The molecule has 0 saturated carbocycles. The molecule has 0 atom stereocenters. The molecule has 108 valence electrons. The quantitative estimate of drug-likeness (QED) is 0.488. The lowest BCUT2D eigenvalue weighted by Gasteiger charge is -2.19. The molecule has 0 radical (unpaired) electrons. The third-order valence-electron chi connectivity index (χ3n) is 2.44. The van der Waals surface area contributed by atoms with Crippen molar-refractivity contribution in [3.05, 3.63) is 15.8 Å². The molecule has 0 aromatic carbocycles. The number of terminal acetylenes is 1. The fourth-order valence-corrected chi connectivity index (χ4v) is 1.41. The number of anilines is 1. The highest BCUT2D eigenvalue weighted by molar-refractivity contribution is 5.49. The maximum atomic E-state index is 11.1. The molecule has 0 fully saturated rings. The van der Waals surface area contributed by atoms with Crippen LogP contribution in [0, 0.1) is 29.4 Å². The molecule has 0 amide bonds. The SMILES string of the molecule is C#CC(C)(C)Oc1nc(NCCC)nc(C)c1[N+](=O)[O-]. The van der Waals surface area contributed by atoms with E-state index in [0.717, 1.165) is 6.42 Å². The number of nitrogens with zero attached hydrogens (tertiary/aromatic N) is 3. The van der Waals surface area contributed by atoms with Crippen molar-refractivity contribution < 1.29 is 9.66 Å². The molecule has 7 heteroatoms. The van der Waals surface area contributed by atoms with Crippen LogP contribution in [0.25, 0.3) is 0 Å². The third-order valence-corrected chi connectivity index (χ3v) is 2.44. The summed E-state index contributed by atoms with van der Waals surface area (Å²) in [7, 11) is 0. The fourth-order valence-electron chi connectivity index (χ4n) is 1.41. The molecule has 0 saturated heterocycles. The first-order chi connectivity index (χ1) is 9.30. The van der Waals surface area contributed by atoms with Gasteiger partial charge in [0.15, 0.2) is 5.60 Å². The third kappa shape index (κ3) is 3.82. The van der Waals surface area contributed by atoms with Crippen LogP contribution in [0.1, 0.15) is 32.9 Å². The summed E-state index contributed by atoms with van der Waals surface area (Å²) in [5, 5.41) is 14.1. The Bertz CT molecular complexity index is 549. The number of nitrogens with one attached hydrogen (secondary N) is 1. The highest BCUT2D eigenvalue weighted by Gasteiger charge is 2.28. The van der Waals surface area contributed by atoms with Crippen molar-refractivity contribution in [2.75, 3.05) is 11.9 Å². The summed E-state index contributed by atoms with van der Waals surface area (Å²) < 4.78 is 5.48. The highest BCUT2D eigenvalue weighted by atomic mass is 16.6. The average molecular weight is 278 g/mol. The number of hydrogen-bond donors (Lipinski definition) is 1. The van der Waals surface area contributed by atoms with Crippen LogP contribution < -0.4 is 10.1 Å². The van der Waals surface area contributed by atoms with Gasteiger partial charge in [0.25, 0.3) is 0 Å². The predicted molar refractivity (Wildman–Crippen MR) is 75.7 cm³/mol. The van der Waals surface area contributed by atoms with Gasteiger partial charge in [-0.15, -0.1) is 6.42 Å². The summed E-state index contributed by atoms with van der Waals surface area (Å²) in [6.07, 6.45) is 6.21. The van der Waals surface area contributed by atoms with E-state index in [9.17, 15) is 10.1 Å². The number of hydrogen-bond acceptors (Lipinski definition) is 6. The van der Waals surface area contributed by atoms with Crippen LogP contribution in [0.3, 0.4) is 0 Å². The Morgan fingerprint density at radius 3 is 2.65 bits per heavy atom. The molecule has 0 spiro atoms. The van der Waals surface area contributed by atoms with Gasteiger partial charge in [0.1, 0.15) is 5.69 Å². The number of aryl methyl sites for hydroxylation is 1. The van der Waals surface area contributed by atoms with Gasteiger partial charge in [0.2, 0.25) is 5.95 Å². The van der Waals surface area contributed by atoms with Crippen LogP contribution in [0.5, 0.6) is 5.88 Å². The second-order valence-electron chi connectivity index (χ2n) is 4.73. The first kappa shape index (κ1) is 15.7. The van der Waals surface area contributed by atoms with Gasteiger partial charge in [-0.3, -0.25) is 10.1 Å². The fraction of sp³-hybridized carbons (Fsp3) is 0.538. The van der Waals surface area contributed by atoms with Crippen molar-refractivity contribution in [2.45, 2.75) is 39.7 Å². The maximum absolute atomic E-state index is 11.1. The van der Waals surface area contributed by atoms with Crippen LogP contribution in [0.4, 0.5) is 11.6 Å². The normalized spacial score (nSPS) is 10.8. The maximum Gasteiger partial charge on any atom is 0.352 e. The molecule has 0 unspecified atom stereocenters. The second kappa shape index (κ2) is 6.19. The lowest BCUT2D eigenvalue weighted by Crippen LogP contribution is -2.27. The Morgan fingerprint density at radius 1 is 1.50 bits per heavy atom. The van der Waals surface area contributed by atoms with Gasteiger partial charge in [-0.25, -0.2) is 4.98 Å². The van der Waals surface area contributed by atoms with E-state index >= 15 is 0 Å². The molecule has 0 bridgehead atoms. The van der Waals surface area contributed by atoms with Crippen LogP contribution in [-0.4, -0.2) is 27.0 Å². The minimum Gasteiger partial charge on any atom is -0.453 e. The number of ether oxygens (including phenoxy) is 1. The minimum atomic E-state index is -0.992. The minimum absolute atomic E-state index is 0.121. The van der Waals surface area contributed by atoms with Crippen molar-refractivity contribution in [1.29, 1.82) is 0 Å². The lowest BCUT2D eigenvalue weighted by molar-refractivity contribution is -0.387. The lowest BCUT2D eigenvalue weighted by atomic mass is 10.1. The molecule has 1 rings (SSSR count). The van der Waals surface area contributed by atoms with Crippen LogP contribution in [0.2, 0.25) is 0 Å². The Kier molecular flexibility index (Phi) is 4.86. The summed E-state index contributed by atoms with van der Waals surface area (Å²) in [6, 6.07) is 0. The molecule has 1 heterocycles. The van der Waals surface area contributed by atoms with E-state index in [1.54, 1.807) is 13.8 Å². The molecule has 20 heavy (non-hydrogen) atoms. The predicted octanol–water partition coefficient (Wildman–Crippen LogP) is 2.31. The van der Waals surface area contributed by atoms with E-state index in [2.05, 4.69) is 21.2 Å². The molecule has 0 aliphatic rings. The number of nitro groups is 1. The number of rotatable bonds is 6. The summed E-state index contributed by atoms with van der Waals surface area (Å²) in [4.78, 5) is 18.6. The van der Waals surface area contributed by atoms with Gasteiger partial charge in [-0.1, -0.05) is 12.8 Å². The molecule has 7 nitrogen and oxygen atoms in total. The zero-order valence-electron chi connectivity index (χ0n) is 12.1. The van der Waals surface area contributed by atoms with Crippen molar-refractivity contribution in [3.8, 4) is 18.2 Å². The molecular formula is C13H18N4O3. The first-order valence-corrected chi connectivity index (χ1v) is 6.24. The largest absolute Gasteiger partial charge is 0.453 e. The Labute approximate surface area is 117 Å². The summed E-state index contributed by atoms with van der Waals surface area (Å²) in [5.74, 6) is 2.58. The van der Waals surface area contributed by atoms with E-state index in [1.165, 1.54) is 6.92 Å². The Hall–Kier alpha value is -2.36. The van der Waals surface area contributed by atoms with E-state index in [0.29, 0.717) is 6.54 Å². The average Bonchev–Trinajstić information content (AvgIpc) is 2.34. The standard InChI is InChI=1S/C13H18N4O3/c1-6-8-14-12-15-9(3)10(17(18)19)11(16-12)20-13(4,5)7-2/h2H,6,8H2,1,3-5H3,(H,14,15,16). The zero-order chi connectivity index (χ0) is 15.3. The Balaban J connectivity index is 3.26. The second-order valence-corrected chi connectivity index (χ2v) is 4.73. The van der Waals surface area contributed by atoms with Crippen molar-refractivity contribution in [2.24, 2.45) is 0 Å². The van der Waals surface area contributed by atoms with Gasteiger partial charge in [0.05, 0.1) is 4.92 Å². The van der Waals surface area contributed by atoms with Gasteiger partial charge < -0.3 is 10.1 Å². The van der Waals surface area contributed by atoms with Crippen LogP contribution >= 0.6 is 0 Å². The molecule has 0 aliphatic carbocycles. The molecule has 1 aromatic rings. The topological polar surface area (TPSA) is 90.2 Å². The highest BCUT2D eigenvalue weighted by Crippen LogP contribution is 2.31. The number of aromatic nitrogens is 2. The summed E-state index contributed by atoms with van der Waals surface area (Å²) >= 11 is 0. The van der Waals surface area contributed by atoms with Gasteiger partial charge >= 0.3 is 11.6 Å². The van der Waals surface area contributed by atoms with Crippen molar-refractivity contribution in [1.82, 2.24) is 9.97 Å². The van der Waals surface area contributed by atoms with E-state index in [4.69, 9.17) is 11.2 Å². The Morgan fingerprint density at radius 2 is 2.15 bits per heavy atom. The summed E-state index contributed by atoms with van der Waals surface area (Å²) in [6.45, 7) is 7.45. The monoisotopic (exact) mass is 278 g/mol. The van der Waals surface area contributed by atoms with Gasteiger partial charge in [-0.2, -0.15) is 4.98 Å². The van der Waals surface area contributed by atoms with E-state index < -0.39 is 10.5 Å². The van der Waals surface area contributed by atoms with Crippen LogP contribution in [-0.2, 0) is 0 Å². The van der Waals surface area contributed by atoms with Crippen molar-refractivity contribution >= 4 is 11.6 Å². The molecule has 0 aliphatic heterocycles. The summed E-state index contributed by atoms with van der Waals surface area (Å²) in [5.41, 5.74) is -1.03. The van der Waals surface area contributed by atoms with E-state index in [1.807, 2.05) is 6.92 Å². The van der Waals surface area contributed by atoms with Crippen molar-refractivity contribution in [3.63, 3.8) is 0 Å². The molecule has 1 N–H and O–H groups in total. The molecule has 1 aromatic heterocycles. The molecular weight excluding hydrogens is 260 g/mol.